The van der Waals surface area contributed by atoms with Gasteiger partial charge in [0.1, 0.15) is 10.8 Å². The lowest BCUT2D eigenvalue weighted by Gasteiger charge is -2.22. The van der Waals surface area contributed by atoms with Crippen molar-refractivity contribution in [2.75, 3.05) is 11.4 Å². The Bertz CT molecular complexity index is 583. The molecule has 1 amide bonds. The minimum absolute atomic E-state index is 0.180. The van der Waals surface area contributed by atoms with Crippen LogP contribution in [0.1, 0.15) is 23.0 Å². The number of amides is 1. The van der Waals surface area contributed by atoms with Crippen LogP contribution < -0.4 is 4.90 Å². The van der Waals surface area contributed by atoms with Crippen molar-refractivity contribution < 1.29 is 4.79 Å². The van der Waals surface area contributed by atoms with Crippen LogP contribution in [-0.2, 0) is 0 Å². The van der Waals surface area contributed by atoms with Crippen LogP contribution in [0.15, 0.2) is 36.7 Å². The van der Waals surface area contributed by atoms with Crippen LogP contribution in [-0.4, -0.2) is 22.4 Å². The summed E-state index contributed by atoms with van der Waals surface area (Å²) in [4.78, 5) is 22.0. The minimum atomic E-state index is -0.180. The Kier molecular flexibility index (Phi) is 4.12. The van der Waals surface area contributed by atoms with E-state index in [4.69, 9.17) is 11.6 Å². The molecule has 0 atom stereocenters. The fourth-order valence-electron chi connectivity index (χ4n) is 1.85. The fourth-order valence-corrected chi connectivity index (χ4v) is 1.95. The van der Waals surface area contributed by atoms with Crippen molar-refractivity contribution >= 4 is 23.2 Å². The Labute approximate surface area is 117 Å². The van der Waals surface area contributed by atoms with Crippen molar-refractivity contribution in [3.8, 4) is 0 Å². The Morgan fingerprint density at radius 2 is 2.00 bits per heavy atom. The zero-order valence-electron chi connectivity index (χ0n) is 10.8. The molecule has 1 aromatic carbocycles. The van der Waals surface area contributed by atoms with E-state index in [-0.39, 0.29) is 16.8 Å². The number of benzene rings is 1. The van der Waals surface area contributed by atoms with E-state index in [9.17, 15) is 4.79 Å². The molecule has 0 N–H and O–H groups in total. The summed E-state index contributed by atoms with van der Waals surface area (Å²) in [5, 5.41) is 0.274. The Balaban J connectivity index is 2.35. The summed E-state index contributed by atoms with van der Waals surface area (Å²) in [5.74, 6) is -0.180. The van der Waals surface area contributed by atoms with Crippen molar-refractivity contribution in [2.24, 2.45) is 0 Å². The third-order valence-electron chi connectivity index (χ3n) is 2.81. The van der Waals surface area contributed by atoms with E-state index in [1.807, 2.05) is 38.1 Å². The number of hydrogen-bond donors (Lipinski definition) is 0. The van der Waals surface area contributed by atoms with Gasteiger partial charge in [-0.25, -0.2) is 9.97 Å². The van der Waals surface area contributed by atoms with Crippen molar-refractivity contribution in [2.45, 2.75) is 13.8 Å². The Hall–Kier alpha value is -1.94. The number of aryl methyl sites for hydroxylation is 1. The van der Waals surface area contributed by atoms with Gasteiger partial charge in [-0.05, 0) is 25.5 Å². The number of para-hydroxylation sites is 1. The molecule has 0 aliphatic heterocycles. The van der Waals surface area contributed by atoms with Gasteiger partial charge in [0, 0.05) is 12.2 Å². The zero-order valence-corrected chi connectivity index (χ0v) is 11.6. The topological polar surface area (TPSA) is 46.1 Å². The van der Waals surface area contributed by atoms with Gasteiger partial charge in [0.25, 0.3) is 5.91 Å². The highest BCUT2D eigenvalue weighted by molar-refractivity contribution is 6.29. The van der Waals surface area contributed by atoms with Gasteiger partial charge in [0.05, 0.1) is 12.4 Å². The number of carbonyl (C=O) groups excluding carboxylic acids is 1. The molecule has 1 aromatic heterocycles. The highest BCUT2D eigenvalue weighted by Crippen LogP contribution is 2.20. The van der Waals surface area contributed by atoms with E-state index in [2.05, 4.69) is 9.97 Å². The maximum absolute atomic E-state index is 12.4. The smallest absolute Gasteiger partial charge is 0.278 e. The molecule has 2 rings (SSSR count). The number of aromatic nitrogens is 2. The van der Waals surface area contributed by atoms with Gasteiger partial charge in [-0.15, -0.1) is 0 Å². The molecular formula is C14H14ClN3O. The molecule has 19 heavy (non-hydrogen) atoms. The number of anilines is 1. The van der Waals surface area contributed by atoms with Gasteiger partial charge in [0.2, 0.25) is 0 Å². The number of rotatable bonds is 3. The largest absolute Gasteiger partial charge is 0.307 e. The van der Waals surface area contributed by atoms with Crippen molar-refractivity contribution in [1.29, 1.82) is 0 Å². The standard InChI is InChI=1S/C14H14ClN3O/c1-3-18(12-7-5-4-6-10(12)2)14(19)11-8-17-13(15)9-16-11/h4-9H,3H2,1-2H3. The highest BCUT2D eigenvalue weighted by atomic mass is 35.5. The molecule has 0 saturated heterocycles. The van der Waals surface area contributed by atoms with Gasteiger partial charge in [-0.2, -0.15) is 0 Å². The monoisotopic (exact) mass is 275 g/mol. The van der Waals surface area contributed by atoms with Crippen LogP contribution in [0.3, 0.4) is 0 Å². The van der Waals surface area contributed by atoms with Gasteiger partial charge in [-0.1, -0.05) is 29.8 Å². The predicted molar refractivity (Wildman–Crippen MR) is 75.6 cm³/mol. The average Bonchev–Trinajstić information content (AvgIpc) is 2.42. The Morgan fingerprint density at radius 1 is 1.26 bits per heavy atom. The first-order valence-electron chi connectivity index (χ1n) is 5.98. The Morgan fingerprint density at radius 3 is 2.58 bits per heavy atom. The number of hydrogen-bond acceptors (Lipinski definition) is 3. The molecule has 0 radical (unpaired) electrons. The van der Waals surface area contributed by atoms with E-state index >= 15 is 0 Å². The maximum Gasteiger partial charge on any atom is 0.278 e. The summed E-state index contributed by atoms with van der Waals surface area (Å²) in [6, 6.07) is 7.74. The molecule has 4 nitrogen and oxygen atoms in total. The van der Waals surface area contributed by atoms with Crippen molar-refractivity contribution in [3.05, 3.63) is 53.1 Å². The quantitative estimate of drug-likeness (QED) is 0.865. The van der Waals surface area contributed by atoms with E-state index in [0.717, 1.165) is 11.3 Å². The summed E-state index contributed by atoms with van der Waals surface area (Å²) in [5.41, 5.74) is 2.21. The molecule has 0 fully saturated rings. The lowest BCUT2D eigenvalue weighted by atomic mass is 10.1. The zero-order chi connectivity index (χ0) is 13.8. The van der Waals surface area contributed by atoms with Crippen LogP contribution in [0.4, 0.5) is 5.69 Å². The van der Waals surface area contributed by atoms with Gasteiger partial charge in [-0.3, -0.25) is 4.79 Å². The number of nitrogens with zero attached hydrogens (tertiary/aromatic N) is 3. The third-order valence-corrected chi connectivity index (χ3v) is 3.00. The van der Waals surface area contributed by atoms with E-state index in [1.54, 1.807) is 4.90 Å². The second-order valence-electron chi connectivity index (χ2n) is 4.06. The first-order chi connectivity index (χ1) is 9.13. The second-order valence-corrected chi connectivity index (χ2v) is 4.45. The molecule has 0 unspecified atom stereocenters. The van der Waals surface area contributed by atoms with Gasteiger partial charge in [0.15, 0.2) is 0 Å². The summed E-state index contributed by atoms with van der Waals surface area (Å²) >= 11 is 5.67. The van der Waals surface area contributed by atoms with Gasteiger partial charge < -0.3 is 4.90 Å². The van der Waals surface area contributed by atoms with Crippen LogP contribution >= 0.6 is 11.6 Å². The first kappa shape index (κ1) is 13.5. The van der Waals surface area contributed by atoms with Crippen LogP contribution in [0.25, 0.3) is 0 Å². The lowest BCUT2D eigenvalue weighted by Crippen LogP contribution is -2.31. The molecule has 0 saturated carbocycles. The highest BCUT2D eigenvalue weighted by Gasteiger charge is 2.18. The lowest BCUT2D eigenvalue weighted by molar-refractivity contribution is 0.0983. The SMILES string of the molecule is CCN(C(=O)c1cnc(Cl)cn1)c1ccccc1C. The molecular weight excluding hydrogens is 262 g/mol. The van der Waals surface area contributed by atoms with Crippen molar-refractivity contribution in [1.82, 2.24) is 9.97 Å². The predicted octanol–water partition coefficient (Wildman–Crippen LogP) is 3.11. The molecule has 0 spiro atoms. The summed E-state index contributed by atoms with van der Waals surface area (Å²) < 4.78 is 0. The molecule has 0 aliphatic rings. The molecule has 98 valence electrons. The van der Waals surface area contributed by atoms with Crippen LogP contribution in [0.2, 0.25) is 5.15 Å². The summed E-state index contributed by atoms with van der Waals surface area (Å²) in [6.07, 6.45) is 2.77. The second kappa shape index (κ2) is 5.80. The molecule has 0 bridgehead atoms. The van der Waals surface area contributed by atoms with E-state index < -0.39 is 0 Å². The molecule has 5 heteroatoms. The summed E-state index contributed by atoms with van der Waals surface area (Å²) in [7, 11) is 0. The summed E-state index contributed by atoms with van der Waals surface area (Å²) in [6.45, 7) is 4.46. The van der Waals surface area contributed by atoms with E-state index in [1.165, 1.54) is 12.4 Å². The number of halogens is 1. The normalized spacial score (nSPS) is 10.3. The van der Waals surface area contributed by atoms with Crippen LogP contribution in [0, 0.1) is 6.92 Å². The van der Waals surface area contributed by atoms with Crippen LogP contribution in [0.5, 0.6) is 0 Å². The van der Waals surface area contributed by atoms with Crippen molar-refractivity contribution in [3.63, 3.8) is 0 Å². The average molecular weight is 276 g/mol. The van der Waals surface area contributed by atoms with Gasteiger partial charge >= 0.3 is 0 Å². The molecule has 2 aromatic rings. The fraction of sp³-hybridized carbons (Fsp3) is 0.214. The van der Waals surface area contributed by atoms with E-state index in [0.29, 0.717) is 6.54 Å². The maximum atomic E-state index is 12.4. The molecule has 1 heterocycles. The molecule has 0 aliphatic carbocycles. The minimum Gasteiger partial charge on any atom is -0.307 e. The third kappa shape index (κ3) is 2.90. The number of carbonyl (C=O) groups is 1. The first-order valence-corrected chi connectivity index (χ1v) is 6.36.